The fourth-order valence-electron chi connectivity index (χ4n) is 5.90. The van der Waals surface area contributed by atoms with Gasteiger partial charge < -0.3 is 24.7 Å². The maximum absolute atomic E-state index is 15.0. The van der Waals surface area contributed by atoms with Crippen molar-refractivity contribution in [1.29, 1.82) is 0 Å². The average Bonchev–Trinajstić information content (AvgIpc) is 3.51. The van der Waals surface area contributed by atoms with E-state index in [1.807, 2.05) is 4.90 Å². The average molecular weight is 499 g/mol. The number of nitrogens with one attached hydrogen (secondary N) is 1. The number of nitrogens with zero attached hydrogens (tertiary/aromatic N) is 5. The third-order valence-electron chi connectivity index (χ3n) is 8.33. The van der Waals surface area contributed by atoms with Crippen molar-refractivity contribution in [1.82, 2.24) is 19.9 Å². The maximum Gasteiger partial charge on any atom is 0.407 e. The number of anilines is 2. The minimum atomic E-state index is -0.906. The topological polar surface area (TPSA) is 115 Å². The SMILES string of the molecule is CC1(c2noc(C3CC3)n2)CCN(C(=O)Nc2c(F)cccc2N2CC3CCC(C2)N3C(=O)O)CC1. The molecule has 0 spiro atoms. The summed E-state index contributed by atoms with van der Waals surface area (Å²) in [5.74, 6) is 1.32. The number of fused-ring (bicyclic) bond motifs is 2. The molecule has 192 valence electrons. The number of carbonyl (C=O) groups is 2. The Morgan fingerprint density at radius 1 is 1.14 bits per heavy atom. The second kappa shape index (κ2) is 8.63. The highest BCUT2D eigenvalue weighted by molar-refractivity contribution is 5.93. The number of rotatable bonds is 4. The molecule has 2 bridgehead atoms. The van der Waals surface area contributed by atoms with E-state index >= 15 is 0 Å². The molecule has 1 aromatic carbocycles. The van der Waals surface area contributed by atoms with Crippen molar-refractivity contribution in [3.05, 3.63) is 35.7 Å². The van der Waals surface area contributed by atoms with Gasteiger partial charge in [0.05, 0.1) is 17.8 Å². The number of urea groups is 1. The van der Waals surface area contributed by atoms with Crippen molar-refractivity contribution in [2.45, 2.75) is 68.9 Å². The van der Waals surface area contributed by atoms with Gasteiger partial charge in [-0.05, 0) is 50.7 Å². The molecule has 4 aliphatic rings. The fraction of sp³-hybridized carbons (Fsp3) is 0.600. The first-order chi connectivity index (χ1) is 17.3. The van der Waals surface area contributed by atoms with Crippen molar-refractivity contribution in [2.75, 3.05) is 36.4 Å². The number of hydrogen-bond donors (Lipinski definition) is 2. The molecule has 2 N–H and O–H groups in total. The maximum atomic E-state index is 15.0. The van der Waals surface area contributed by atoms with Crippen LogP contribution in [0.4, 0.5) is 25.4 Å². The zero-order valence-corrected chi connectivity index (χ0v) is 20.3. The van der Waals surface area contributed by atoms with Crippen LogP contribution in [-0.4, -0.2) is 75.4 Å². The Morgan fingerprint density at radius 3 is 2.47 bits per heavy atom. The van der Waals surface area contributed by atoms with Gasteiger partial charge in [-0.25, -0.2) is 14.0 Å². The third-order valence-corrected chi connectivity index (χ3v) is 8.33. The number of hydrogen-bond acceptors (Lipinski definition) is 6. The number of aromatic nitrogens is 2. The lowest BCUT2D eigenvalue weighted by atomic mass is 9.80. The molecule has 2 atom stereocenters. The van der Waals surface area contributed by atoms with Crippen molar-refractivity contribution >= 4 is 23.5 Å². The van der Waals surface area contributed by atoms with Gasteiger partial charge in [0.2, 0.25) is 5.89 Å². The van der Waals surface area contributed by atoms with Crippen LogP contribution in [0.2, 0.25) is 0 Å². The van der Waals surface area contributed by atoms with E-state index in [0.717, 1.165) is 31.6 Å². The van der Waals surface area contributed by atoms with Gasteiger partial charge in [0.25, 0.3) is 0 Å². The van der Waals surface area contributed by atoms with Gasteiger partial charge in [-0.2, -0.15) is 4.98 Å². The van der Waals surface area contributed by atoms with E-state index in [9.17, 15) is 19.1 Å². The molecule has 1 aromatic heterocycles. The quantitative estimate of drug-likeness (QED) is 0.655. The molecule has 4 heterocycles. The van der Waals surface area contributed by atoms with Crippen LogP contribution in [0.5, 0.6) is 0 Å². The van der Waals surface area contributed by atoms with Crippen molar-refractivity contribution < 1.29 is 23.6 Å². The van der Waals surface area contributed by atoms with Crippen LogP contribution in [0.25, 0.3) is 0 Å². The molecule has 4 fully saturated rings. The molecule has 6 rings (SSSR count). The molecule has 2 unspecified atom stereocenters. The zero-order valence-electron chi connectivity index (χ0n) is 20.3. The number of halogens is 1. The number of piperazine rings is 1. The molecular weight excluding hydrogens is 467 g/mol. The molecule has 11 heteroatoms. The summed E-state index contributed by atoms with van der Waals surface area (Å²) in [4.78, 5) is 34.7. The molecule has 1 aliphatic carbocycles. The second-order valence-electron chi connectivity index (χ2n) is 10.8. The standard InChI is InChI=1S/C25H31FN6O4/c1-25(22-28-21(36-29-22)15-5-6-15)9-11-30(12-10-25)23(33)27-20-18(26)3-2-4-19(20)31-13-16-7-8-17(14-31)32(16)24(34)35/h2-4,15-17H,5-14H2,1H3,(H,27,33)(H,34,35). The minimum absolute atomic E-state index is 0.126. The monoisotopic (exact) mass is 498 g/mol. The Hall–Kier alpha value is -3.37. The van der Waals surface area contributed by atoms with E-state index in [2.05, 4.69) is 22.4 Å². The predicted molar refractivity (Wildman–Crippen MR) is 129 cm³/mol. The van der Waals surface area contributed by atoms with E-state index in [-0.39, 0.29) is 29.2 Å². The van der Waals surface area contributed by atoms with Crippen LogP contribution < -0.4 is 10.2 Å². The van der Waals surface area contributed by atoms with Gasteiger partial charge in [0.15, 0.2) is 5.82 Å². The van der Waals surface area contributed by atoms with Gasteiger partial charge in [-0.3, -0.25) is 4.90 Å². The van der Waals surface area contributed by atoms with Gasteiger partial charge in [-0.15, -0.1) is 0 Å². The van der Waals surface area contributed by atoms with E-state index < -0.39 is 11.9 Å². The van der Waals surface area contributed by atoms with Crippen molar-refractivity contribution in [3.63, 3.8) is 0 Å². The third kappa shape index (κ3) is 4.04. The fourth-order valence-corrected chi connectivity index (χ4v) is 5.90. The number of piperidine rings is 1. The molecule has 36 heavy (non-hydrogen) atoms. The summed E-state index contributed by atoms with van der Waals surface area (Å²) < 4.78 is 20.4. The number of carbonyl (C=O) groups excluding carboxylic acids is 1. The number of carboxylic acid groups (broad SMARTS) is 1. The Kier molecular flexibility index (Phi) is 5.53. The normalized spacial score (nSPS) is 25.2. The Morgan fingerprint density at radius 2 is 1.83 bits per heavy atom. The predicted octanol–water partition coefficient (Wildman–Crippen LogP) is 4.00. The van der Waals surface area contributed by atoms with Crippen LogP contribution in [0.15, 0.2) is 22.7 Å². The zero-order chi connectivity index (χ0) is 25.0. The number of likely N-dealkylation sites (tertiary alicyclic amines) is 1. The van der Waals surface area contributed by atoms with E-state index in [0.29, 0.717) is 56.5 Å². The lowest BCUT2D eigenvalue weighted by molar-refractivity contribution is 0.115. The number of para-hydroxylation sites is 1. The molecule has 3 saturated heterocycles. The first-order valence-electron chi connectivity index (χ1n) is 12.8. The van der Waals surface area contributed by atoms with Gasteiger partial charge in [0.1, 0.15) is 11.5 Å². The highest BCUT2D eigenvalue weighted by Crippen LogP contribution is 2.41. The van der Waals surface area contributed by atoms with Gasteiger partial charge >= 0.3 is 12.1 Å². The first kappa shape index (κ1) is 23.1. The second-order valence-corrected chi connectivity index (χ2v) is 10.8. The summed E-state index contributed by atoms with van der Waals surface area (Å²) in [6.45, 7) is 4.06. The molecule has 2 aromatic rings. The smallest absolute Gasteiger partial charge is 0.407 e. The van der Waals surface area contributed by atoms with Crippen LogP contribution in [-0.2, 0) is 5.41 Å². The first-order valence-corrected chi connectivity index (χ1v) is 12.8. The van der Waals surface area contributed by atoms with Crippen LogP contribution in [0.1, 0.15) is 63.1 Å². The van der Waals surface area contributed by atoms with Gasteiger partial charge in [0, 0.05) is 37.5 Å². The summed E-state index contributed by atoms with van der Waals surface area (Å²) in [7, 11) is 0. The van der Waals surface area contributed by atoms with Crippen molar-refractivity contribution in [3.8, 4) is 0 Å². The summed E-state index contributed by atoms with van der Waals surface area (Å²) in [5.41, 5.74) is 0.470. The van der Waals surface area contributed by atoms with E-state index in [1.165, 1.54) is 11.0 Å². The molecular formula is C25H31FN6O4. The van der Waals surface area contributed by atoms with Crippen LogP contribution >= 0.6 is 0 Å². The number of benzene rings is 1. The largest absolute Gasteiger partial charge is 0.465 e. The Bertz CT molecular complexity index is 1160. The molecule has 3 amide bonds. The summed E-state index contributed by atoms with van der Waals surface area (Å²) >= 11 is 0. The van der Waals surface area contributed by atoms with Crippen LogP contribution in [0, 0.1) is 5.82 Å². The van der Waals surface area contributed by atoms with E-state index in [4.69, 9.17) is 4.52 Å². The molecule has 3 aliphatic heterocycles. The lowest BCUT2D eigenvalue weighted by Crippen LogP contribution is -2.55. The number of amides is 3. The van der Waals surface area contributed by atoms with E-state index in [1.54, 1.807) is 17.0 Å². The minimum Gasteiger partial charge on any atom is -0.465 e. The Balaban J connectivity index is 1.13. The summed E-state index contributed by atoms with van der Waals surface area (Å²) in [6, 6.07) is 4.15. The highest BCUT2D eigenvalue weighted by Gasteiger charge is 2.44. The summed E-state index contributed by atoms with van der Waals surface area (Å²) in [5, 5.41) is 16.6. The molecule has 1 saturated carbocycles. The van der Waals surface area contributed by atoms with Crippen molar-refractivity contribution in [2.24, 2.45) is 0 Å². The molecule has 10 nitrogen and oxygen atoms in total. The lowest BCUT2D eigenvalue weighted by Gasteiger charge is -2.41. The summed E-state index contributed by atoms with van der Waals surface area (Å²) in [6.07, 6.45) is 4.25. The molecule has 0 radical (unpaired) electrons. The Labute approximate surface area is 208 Å². The highest BCUT2D eigenvalue weighted by atomic mass is 19.1. The van der Waals surface area contributed by atoms with Crippen LogP contribution in [0.3, 0.4) is 0 Å². The van der Waals surface area contributed by atoms with Gasteiger partial charge in [-0.1, -0.05) is 18.1 Å².